The molecule has 0 spiro atoms. The van der Waals surface area contributed by atoms with E-state index in [1.807, 2.05) is 19.1 Å². The van der Waals surface area contributed by atoms with E-state index in [4.69, 9.17) is 16.3 Å². The summed E-state index contributed by atoms with van der Waals surface area (Å²) >= 11 is 7.37. The molecule has 0 aliphatic rings. The Morgan fingerprint density at radius 1 is 1.59 bits per heavy atom. The van der Waals surface area contributed by atoms with Crippen molar-refractivity contribution in [2.75, 3.05) is 13.2 Å². The third kappa shape index (κ3) is 5.52. The van der Waals surface area contributed by atoms with Gasteiger partial charge in [0.25, 0.3) is 0 Å². The number of carbonyl (C=O) groups excluding carboxylic acids is 1. The Morgan fingerprint density at radius 3 is 2.94 bits per heavy atom. The lowest BCUT2D eigenvalue weighted by atomic mass is 10.3. The molecule has 0 aromatic carbocycles. The number of unbranched alkanes of at least 4 members (excludes halogenated alkanes) is 1. The largest absolute Gasteiger partial charge is 0.465 e. The number of hydrogen-bond acceptors (Lipinski definition) is 4. The molecule has 0 saturated carbocycles. The third-order valence-corrected chi connectivity index (χ3v) is 3.75. The lowest BCUT2D eigenvalue weighted by Crippen LogP contribution is -2.27. The van der Waals surface area contributed by atoms with Crippen molar-refractivity contribution in [3.05, 3.63) is 21.3 Å². The molecule has 1 unspecified atom stereocenters. The van der Waals surface area contributed by atoms with Crippen LogP contribution < -0.4 is 5.32 Å². The van der Waals surface area contributed by atoms with Crippen LogP contribution in [-0.2, 0) is 9.53 Å². The van der Waals surface area contributed by atoms with Gasteiger partial charge in [-0.3, -0.25) is 10.1 Å². The molecule has 1 aromatic rings. The van der Waals surface area contributed by atoms with Gasteiger partial charge in [-0.25, -0.2) is 0 Å². The predicted molar refractivity (Wildman–Crippen MR) is 71.6 cm³/mol. The molecule has 0 aliphatic heterocycles. The molecule has 0 fully saturated rings. The maximum Gasteiger partial charge on any atom is 0.319 e. The van der Waals surface area contributed by atoms with E-state index in [9.17, 15) is 4.79 Å². The number of nitrogens with one attached hydrogen (secondary N) is 1. The topological polar surface area (TPSA) is 38.3 Å². The Balaban J connectivity index is 2.23. The Labute approximate surface area is 111 Å². The smallest absolute Gasteiger partial charge is 0.319 e. The number of hydrogen-bond donors (Lipinski definition) is 1. The minimum Gasteiger partial charge on any atom is -0.465 e. The van der Waals surface area contributed by atoms with E-state index >= 15 is 0 Å². The van der Waals surface area contributed by atoms with Crippen LogP contribution in [0.4, 0.5) is 0 Å². The zero-order chi connectivity index (χ0) is 12.7. The number of halogens is 1. The van der Waals surface area contributed by atoms with Crippen molar-refractivity contribution in [1.29, 1.82) is 0 Å². The summed E-state index contributed by atoms with van der Waals surface area (Å²) < 4.78 is 5.81. The van der Waals surface area contributed by atoms with Crippen LogP contribution in [0.5, 0.6) is 0 Å². The van der Waals surface area contributed by atoms with E-state index < -0.39 is 0 Å². The van der Waals surface area contributed by atoms with Crippen molar-refractivity contribution < 1.29 is 9.53 Å². The van der Waals surface area contributed by atoms with Crippen LogP contribution in [-0.4, -0.2) is 19.1 Å². The van der Waals surface area contributed by atoms with Gasteiger partial charge in [0.15, 0.2) is 0 Å². The van der Waals surface area contributed by atoms with Crippen LogP contribution >= 0.6 is 22.9 Å². The summed E-state index contributed by atoms with van der Waals surface area (Å²) in [6.45, 7) is 4.81. The number of thiophene rings is 1. The molecule has 1 heterocycles. The van der Waals surface area contributed by atoms with Gasteiger partial charge in [-0.15, -0.1) is 11.3 Å². The Kier molecular flexibility index (Phi) is 6.55. The minimum atomic E-state index is -0.201. The first-order valence-corrected chi connectivity index (χ1v) is 6.97. The average Bonchev–Trinajstić information content (AvgIpc) is 2.73. The molecule has 1 aromatic heterocycles. The average molecular weight is 276 g/mol. The van der Waals surface area contributed by atoms with Gasteiger partial charge in [-0.2, -0.15) is 0 Å². The van der Waals surface area contributed by atoms with Crippen molar-refractivity contribution in [2.45, 2.75) is 32.7 Å². The summed E-state index contributed by atoms with van der Waals surface area (Å²) in [7, 11) is 0. The van der Waals surface area contributed by atoms with Crippen LogP contribution in [0.2, 0.25) is 4.34 Å². The normalized spacial score (nSPS) is 12.4. The summed E-state index contributed by atoms with van der Waals surface area (Å²) in [5.41, 5.74) is 0. The molecule has 0 saturated heterocycles. The summed E-state index contributed by atoms with van der Waals surface area (Å²) in [6.07, 6.45) is 1.95. The maximum atomic E-state index is 11.4. The zero-order valence-electron chi connectivity index (χ0n) is 10.2. The molecule has 3 nitrogen and oxygen atoms in total. The molecule has 96 valence electrons. The van der Waals surface area contributed by atoms with Crippen molar-refractivity contribution in [1.82, 2.24) is 5.32 Å². The molecule has 0 aliphatic carbocycles. The Bertz CT molecular complexity index is 354. The highest BCUT2D eigenvalue weighted by atomic mass is 35.5. The fraction of sp³-hybridized carbons (Fsp3) is 0.583. The molecule has 0 bridgehead atoms. The van der Waals surface area contributed by atoms with E-state index in [1.54, 1.807) is 0 Å². The van der Waals surface area contributed by atoms with E-state index in [2.05, 4.69) is 12.2 Å². The summed E-state index contributed by atoms with van der Waals surface area (Å²) in [6, 6.07) is 3.94. The lowest BCUT2D eigenvalue weighted by molar-refractivity contribution is -0.142. The fourth-order valence-electron chi connectivity index (χ4n) is 1.28. The zero-order valence-corrected chi connectivity index (χ0v) is 11.7. The van der Waals surface area contributed by atoms with Crippen molar-refractivity contribution in [2.24, 2.45) is 0 Å². The van der Waals surface area contributed by atoms with Gasteiger partial charge in [-0.05, 0) is 25.5 Å². The summed E-state index contributed by atoms with van der Waals surface area (Å²) in [5.74, 6) is -0.201. The highest BCUT2D eigenvalue weighted by Crippen LogP contribution is 2.26. The first kappa shape index (κ1) is 14.5. The van der Waals surface area contributed by atoms with E-state index in [-0.39, 0.29) is 18.6 Å². The first-order valence-electron chi connectivity index (χ1n) is 5.77. The number of rotatable bonds is 7. The summed E-state index contributed by atoms with van der Waals surface area (Å²) in [5, 5.41) is 3.12. The van der Waals surface area contributed by atoms with Crippen LogP contribution in [0.3, 0.4) is 0 Å². The maximum absolute atomic E-state index is 11.4. The highest BCUT2D eigenvalue weighted by molar-refractivity contribution is 7.16. The molecule has 1 atom stereocenters. The molecule has 1 rings (SSSR count). The molecule has 0 radical (unpaired) electrons. The monoisotopic (exact) mass is 275 g/mol. The van der Waals surface area contributed by atoms with Crippen LogP contribution in [0.25, 0.3) is 0 Å². The molecule has 5 heteroatoms. The van der Waals surface area contributed by atoms with Crippen molar-refractivity contribution in [3.8, 4) is 0 Å². The second kappa shape index (κ2) is 7.69. The molecule has 1 N–H and O–H groups in total. The Morgan fingerprint density at radius 2 is 2.35 bits per heavy atom. The van der Waals surface area contributed by atoms with Crippen LogP contribution in [0.15, 0.2) is 12.1 Å². The quantitative estimate of drug-likeness (QED) is 0.612. The standard InChI is InChI=1S/C12H18ClNO2S/c1-3-4-7-16-12(15)8-14-9(2)10-5-6-11(13)17-10/h5-6,9,14H,3-4,7-8H2,1-2H3. The van der Waals surface area contributed by atoms with Gasteiger partial charge < -0.3 is 4.74 Å². The van der Waals surface area contributed by atoms with Gasteiger partial charge in [-0.1, -0.05) is 24.9 Å². The second-order valence-corrected chi connectivity index (χ2v) is 5.57. The van der Waals surface area contributed by atoms with Gasteiger partial charge in [0, 0.05) is 10.9 Å². The van der Waals surface area contributed by atoms with Gasteiger partial charge >= 0.3 is 5.97 Å². The molecule has 0 amide bonds. The molecule has 17 heavy (non-hydrogen) atoms. The SMILES string of the molecule is CCCCOC(=O)CNC(C)c1ccc(Cl)s1. The van der Waals surface area contributed by atoms with Gasteiger partial charge in [0.05, 0.1) is 17.5 Å². The van der Waals surface area contributed by atoms with Crippen molar-refractivity contribution >= 4 is 28.9 Å². The third-order valence-electron chi connectivity index (χ3n) is 2.33. The number of ether oxygens (including phenoxy) is 1. The van der Waals surface area contributed by atoms with Crippen LogP contribution in [0.1, 0.15) is 37.6 Å². The van der Waals surface area contributed by atoms with Crippen molar-refractivity contribution in [3.63, 3.8) is 0 Å². The first-order chi connectivity index (χ1) is 8.13. The molecular formula is C12H18ClNO2S. The second-order valence-electron chi connectivity index (χ2n) is 3.82. The van der Waals surface area contributed by atoms with Gasteiger partial charge in [0.1, 0.15) is 0 Å². The van der Waals surface area contributed by atoms with E-state index in [0.29, 0.717) is 6.61 Å². The fourth-order valence-corrected chi connectivity index (χ4v) is 2.37. The van der Waals surface area contributed by atoms with E-state index in [1.165, 1.54) is 11.3 Å². The van der Waals surface area contributed by atoms with Crippen LogP contribution in [0, 0.1) is 0 Å². The Hall–Kier alpha value is -0.580. The summed E-state index contributed by atoms with van der Waals surface area (Å²) in [4.78, 5) is 12.5. The molecular weight excluding hydrogens is 258 g/mol. The minimum absolute atomic E-state index is 0.117. The number of carbonyl (C=O) groups is 1. The highest BCUT2D eigenvalue weighted by Gasteiger charge is 2.10. The predicted octanol–water partition coefficient (Wildman–Crippen LogP) is 3.40. The number of esters is 1. The van der Waals surface area contributed by atoms with E-state index in [0.717, 1.165) is 22.1 Å². The van der Waals surface area contributed by atoms with Gasteiger partial charge in [0.2, 0.25) is 0 Å². The lowest BCUT2D eigenvalue weighted by Gasteiger charge is -2.11.